The van der Waals surface area contributed by atoms with Crippen LogP contribution in [-0.2, 0) is 11.3 Å². The molecule has 0 aliphatic carbocycles. The molecule has 1 heterocycles. The fourth-order valence-corrected chi connectivity index (χ4v) is 2.83. The Morgan fingerprint density at radius 3 is 2.57 bits per heavy atom. The molecule has 3 aromatic rings. The summed E-state index contributed by atoms with van der Waals surface area (Å²) in [5.74, 6) is -0.0499. The lowest BCUT2D eigenvalue weighted by atomic mass is 10.1. The fourth-order valence-electron chi connectivity index (χ4n) is 2.83. The number of nitrogens with zero attached hydrogens (tertiary/aromatic N) is 3. The highest BCUT2D eigenvalue weighted by atomic mass is 16.5. The molecule has 1 amide bonds. The summed E-state index contributed by atoms with van der Waals surface area (Å²) in [5.41, 5.74) is 2.09. The van der Waals surface area contributed by atoms with Gasteiger partial charge in [-0.1, -0.05) is 13.3 Å². The van der Waals surface area contributed by atoms with E-state index in [1.54, 1.807) is 53.5 Å². The fraction of sp³-hybridized carbons (Fsp3) is 0.273. The molecule has 0 spiro atoms. The molecule has 0 aliphatic rings. The molecule has 0 atom stereocenters. The van der Waals surface area contributed by atoms with Gasteiger partial charge in [0.15, 0.2) is 0 Å². The minimum Gasteiger partial charge on any atom is -0.494 e. The van der Waals surface area contributed by atoms with E-state index < -0.39 is 5.97 Å². The maximum absolute atomic E-state index is 12.7. The third-order valence-electron chi connectivity index (χ3n) is 4.37. The number of nitrogens with one attached hydrogen (secondary N) is 1. The van der Waals surface area contributed by atoms with Gasteiger partial charge < -0.3 is 14.8 Å². The van der Waals surface area contributed by atoms with E-state index in [0.29, 0.717) is 30.0 Å². The Balaban J connectivity index is 1.75. The number of carbonyl (C=O) groups excluding carboxylic acids is 2. The SMILES string of the molecule is CCCCOc1ccc(C(=O)Nc2cc(Cn3cncn3)cc(C(=O)OC)c2)cc1. The van der Waals surface area contributed by atoms with E-state index in [-0.39, 0.29) is 5.91 Å². The summed E-state index contributed by atoms with van der Waals surface area (Å²) in [7, 11) is 1.31. The number of benzene rings is 2. The van der Waals surface area contributed by atoms with Crippen LogP contribution >= 0.6 is 0 Å². The van der Waals surface area contributed by atoms with Gasteiger partial charge in [-0.2, -0.15) is 5.10 Å². The Labute approximate surface area is 174 Å². The number of hydrogen-bond acceptors (Lipinski definition) is 6. The summed E-state index contributed by atoms with van der Waals surface area (Å²) in [6.45, 7) is 3.15. The van der Waals surface area contributed by atoms with Gasteiger partial charge in [0.1, 0.15) is 18.4 Å². The van der Waals surface area contributed by atoms with Crippen molar-refractivity contribution >= 4 is 17.6 Å². The lowest BCUT2D eigenvalue weighted by Gasteiger charge is -2.11. The summed E-state index contributed by atoms with van der Waals surface area (Å²) in [6.07, 6.45) is 5.05. The smallest absolute Gasteiger partial charge is 0.337 e. The number of amides is 1. The maximum Gasteiger partial charge on any atom is 0.337 e. The highest BCUT2D eigenvalue weighted by Crippen LogP contribution is 2.19. The molecule has 8 nitrogen and oxygen atoms in total. The average molecular weight is 408 g/mol. The molecule has 1 N–H and O–H groups in total. The van der Waals surface area contributed by atoms with Gasteiger partial charge in [-0.15, -0.1) is 0 Å². The van der Waals surface area contributed by atoms with Gasteiger partial charge in [-0.25, -0.2) is 14.5 Å². The van der Waals surface area contributed by atoms with Crippen molar-refractivity contribution in [1.29, 1.82) is 0 Å². The van der Waals surface area contributed by atoms with Crippen LogP contribution < -0.4 is 10.1 Å². The number of aromatic nitrogens is 3. The number of anilines is 1. The zero-order valence-electron chi connectivity index (χ0n) is 17.0. The monoisotopic (exact) mass is 408 g/mol. The summed E-state index contributed by atoms with van der Waals surface area (Å²) in [5, 5.41) is 6.91. The lowest BCUT2D eigenvalue weighted by Crippen LogP contribution is -2.13. The third kappa shape index (κ3) is 5.66. The molecule has 0 fully saturated rings. The number of ether oxygens (including phenoxy) is 2. The molecular weight excluding hydrogens is 384 g/mol. The van der Waals surface area contributed by atoms with E-state index in [0.717, 1.165) is 24.2 Å². The molecule has 156 valence electrons. The Bertz CT molecular complexity index is 985. The predicted molar refractivity (Wildman–Crippen MR) is 112 cm³/mol. The van der Waals surface area contributed by atoms with E-state index in [1.807, 2.05) is 0 Å². The first-order valence-electron chi connectivity index (χ1n) is 9.68. The normalized spacial score (nSPS) is 10.5. The number of methoxy groups -OCH3 is 1. The summed E-state index contributed by atoms with van der Waals surface area (Å²) < 4.78 is 12.1. The van der Waals surface area contributed by atoms with Crippen LogP contribution in [0.3, 0.4) is 0 Å². The molecule has 2 aromatic carbocycles. The number of hydrogen-bond donors (Lipinski definition) is 1. The molecule has 0 saturated carbocycles. The Morgan fingerprint density at radius 1 is 1.10 bits per heavy atom. The van der Waals surface area contributed by atoms with Crippen LogP contribution in [0.15, 0.2) is 55.1 Å². The van der Waals surface area contributed by atoms with Crippen LogP contribution in [0, 0.1) is 0 Å². The molecule has 3 rings (SSSR count). The quantitative estimate of drug-likeness (QED) is 0.430. The molecule has 0 saturated heterocycles. The van der Waals surface area contributed by atoms with E-state index in [2.05, 4.69) is 22.3 Å². The van der Waals surface area contributed by atoms with E-state index in [9.17, 15) is 9.59 Å². The second-order valence-electron chi connectivity index (χ2n) is 6.68. The van der Waals surface area contributed by atoms with Crippen LogP contribution in [0.5, 0.6) is 5.75 Å². The van der Waals surface area contributed by atoms with Gasteiger partial charge in [0.05, 0.1) is 25.8 Å². The minimum atomic E-state index is -0.487. The number of carbonyl (C=O) groups is 2. The first-order chi connectivity index (χ1) is 14.6. The van der Waals surface area contributed by atoms with E-state index in [1.165, 1.54) is 13.4 Å². The number of rotatable bonds is 9. The average Bonchev–Trinajstić information content (AvgIpc) is 3.26. The highest BCUT2D eigenvalue weighted by molar-refractivity contribution is 6.05. The van der Waals surface area contributed by atoms with Crippen molar-refractivity contribution in [3.05, 3.63) is 71.8 Å². The molecule has 0 aliphatic heterocycles. The topological polar surface area (TPSA) is 95.3 Å². The van der Waals surface area contributed by atoms with Crippen molar-refractivity contribution in [2.24, 2.45) is 0 Å². The molecule has 8 heteroatoms. The Morgan fingerprint density at radius 2 is 1.90 bits per heavy atom. The molecule has 1 aromatic heterocycles. The van der Waals surface area contributed by atoms with Crippen LogP contribution in [0.1, 0.15) is 46.0 Å². The Kier molecular flexibility index (Phi) is 7.15. The molecule has 0 unspecified atom stereocenters. The van der Waals surface area contributed by atoms with Gasteiger partial charge in [-0.05, 0) is 54.4 Å². The highest BCUT2D eigenvalue weighted by Gasteiger charge is 2.13. The first-order valence-corrected chi connectivity index (χ1v) is 9.68. The Hall–Kier alpha value is -3.68. The third-order valence-corrected chi connectivity index (χ3v) is 4.37. The summed E-state index contributed by atoms with van der Waals surface area (Å²) in [6, 6.07) is 12.0. The summed E-state index contributed by atoms with van der Waals surface area (Å²) >= 11 is 0. The second kappa shape index (κ2) is 10.2. The first kappa shape index (κ1) is 21.0. The molecule has 30 heavy (non-hydrogen) atoms. The number of unbranched alkanes of at least 4 members (excludes halogenated alkanes) is 1. The van der Waals surface area contributed by atoms with Crippen LogP contribution in [-0.4, -0.2) is 40.4 Å². The van der Waals surface area contributed by atoms with Gasteiger partial charge in [0.25, 0.3) is 5.91 Å². The second-order valence-corrected chi connectivity index (χ2v) is 6.68. The zero-order valence-corrected chi connectivity index (χ0v) is 17.0. The van der Waals surface area contributed by atoms with E-state index >= 15 is 0 Å². The van der Waals surface area contributed by atoms with Crippen LogP contribution in [0.25, 0.3) is 0 Å². The standard InChI is InChI=1S/C22H24N4O4/c1-3-4-9-30-20-7-5-17(6-8-20)21(27)25-19-11-16(13-26-15-23-14-24-26)10-18(12-19)22(28)29-2/h5-8,10-12,14-15H,3-4,9,13H2,1-2H3,(H,25,27). The molecule has 0 bridgehead atoms. The van der Waals surface area contributed by atoms with Gasteiger partial charge >= 0.3 is 5.97 Å². The summed E-state index contributed by atoms with van der Waals surface area (Å²) in [4.78, 5) is 28.6. The van der Waals surface area contributed by atoms with Crippen molar-refractivity contribution in [2.75, 3.05) is 19.0 Å². The largest absolute Gasteiger partial charge is 0.494 e. The van der Waals surface area contributed by atoms with Crippen molar-refractivity contribution in [3.8, 4) is 5.75 Å². The molecular formula is C22H24N4O4. The lowest BCUT2D eigenvalue weighted by molar-refractivity contribution is 0.0600. The van der Waals surface area contributed by atoms with Crippen molar-refractivity contribution < 1.29 is 19.1 Å². The molecule has 0 radical (unpaired) electrons. The van der Waals surface area contributed by atoms with E-state index in [4.69, 9.17) is 9.47 Å². The minimum absolute atomic E-state index is 0.288. The van der Waals surface area contributed by atoms with Crippen molar-refractivity contribution in [1.82, 2.24) is 14.8 Å². The van der Waals surface area contributed by atoms with Crippen LogP contribution in [0.4, 0.5) is 5.69 Å². The van der Waals surface area contributed by atoms with Crippen molar-refractivity contribution in [2.45, 2.75) is 26.3 Å². The van der Waals surface area contributed by atoms with Gasteiger partial charge in [0, 0.05) is 11.3 Å². The van der Waals surface area contributed by atoms with Gasteiger partial charge in [-0.3, -0.25) is 4.79 Å². The predicted octanol–water partition coefficient (Wildman–Crippen LogP) is 3.54. The van der Waals surface area contributed by atoms with Gasteiger partial charge in [0.2, 0.25) is 0 Å². The number of esters is 1. The van der Waals surface area contributed by atoms with Crippen LogP contribution in [0.2, 0.25) is 0 Å². The zero-order chi connectivity index (χ0) is 21.3. The maximum atomic E-state index is 12.7. The van der Waals surface area contributed by atoms with Crippen molar-refractivity contribution in [3.63, 3.8) is 0 Å².